The molecule has 0 amide bonds. The highest BCUT2D eigenvalue weighted by Crippen LogP contribution is 2.36. The summed E-state index contributed by atoms with van der Waals surface area (Å²) < 4.78 is 8.03. The molecule has 1 aromatic carbocycles. The molecular weight excluding hydrogens is 370 g/mol. The first-order chi connectivity index (χ1) is 9.88. The van der Waals surface area contributed by atoms with Crippen LogP contribution in [0.1, 0.15) is 43.2 Å². The second kappa shape index (κ2) is 7.14. The second-order valence-corrected chi connectivity index (χ2v) is 8.04. The van der Waals surface area contributed by atoms with Crippen LogP contribution in [-0.4, -0.2) is 6.04 Å². The van der Waals surface area contributed by atoms with Gasteiger partial charge in [-0.15, -0.1) is 11.3 Å². The average Bonchev–Trinajstić information content (AvgIpc) is 2.83. The van der Waals surface area contributed by atoms with Crippen molar-refractivity contribution in [1.29, 1.82) is 0 Å². The van der Waals surface area contributed by atoms with Gasteiger partial charge in [-0.2, -0.15) is 0 Å². The number of thiophene rings is 1. The van der Waals surface area contributed by atoms with Gasteiger partial charge in [0.05, 0.1) is 4.34 Å². The normalized spacial score (nSPS) is 14.2. The van der Waals surface area contributed by atoms with Crippen LogP contribution in [0.15, 0.2) is 34.8 Å². The average molecular weight is 389 g/mol. The van der Waals surface area contributed by atoms with E-state index in [0.29, 0.717) is 5.92 Å². The summed E-state index contributed by atoms with van der Waals surface area (Å²) in [4.78, 5) is 1.05. The van der Waals surface area contributed by atoms with Crippen LogP contribution in [0, 0.1) is 0 Å². The van der Waals surface area contributed by atoms with Gasteiger partial charge >= 0.3 is 0 Å². The topological polar surface area (TPSA) is 35.2 Å². The summed E-state index contributed by atoms with van der Waals surface area (Å²) in [6.07, 6.45) is -0.193. The van der Waals surface area contributed by atoms with Gasteiger partial charge in [0.25, 0.3) is 0 Å². The van der Waals surface area contributed by atoms with Crippen LogP contribution in [0.5, 0.6) is 5.75 Å². The quantitative estimate of drug-likeness (QED) is 0.707. The van der Waals surface area contributed by atoms with Crippen molar-refractivity contribution in [3.8, 4) is 5.75 Å². The highest BCUT2D eigenvalue weighted by Gasteiger charge is 2.22. The maximum atomic E-state index is 6.23. The molecule has 1 aromatic heterocycles. The molecule has 0 spiro atoms. The molecule has 0 aliphatic heterocycles. The van der Waals surface area contributed by atoms with Gasteiger partial charge in [0, 0.05) is 15.4 Å². The van der Waals surface area contributed by atoms with Crippen LogP contribution in [0.2, 0.25) is 4.34 Å². The molecule has 0 bridgehead atoms. The summed E-state index contributed by atoms with van der Waals surface area (Å²) in [6.45, 7) is 6.25. The van der Waals surface area contributed by atoms with Crippen molar-refractivity contribution >= 4 is 38.9 Å². The molecule has 114 valence electrons. The van der Waals surface area contributed by atoms with Crippen molar-refractivity contribution in [2.45, 2.75) is 38.8 Å². The molecule has 2 unspecified atom stereocenters. The number of rotatable bonds is 5. The maximum absolute atomic E-state index is 6.23. The highest BCUT2D eigenvalue weighted by atomic mass is 79.9. The second-order valence-electron chi connectivity index (χ2n) is 5.38. The summed E-state index contributed by atoms with van der Waals surface area (Å²) in [6, 6.07) is 9.81. The molecule has 0 aliphatic rings. The molecule has 0 aliphatic carbocycles. The van der Waals surface area contributed by atoms with E-state index in [1.807, 2.05) is 31.2 Å². The van der Waals surface area contributed by atoms with Gasteiger partial charge < -0.3 is 10.5 Å². The SMILES string of the molecule is CC(C)c1cc(Br)ccc1OC(c1ccc(Cl)s1)C(C)N. The molecule has 2 rings (SSSR count). The van der Waals surface area contributed by atoms with E-state index in [4.69, 9.17) is 22.1 Å². The number of ether oxygens (including phenoxy) is 1. The van der Waals surface area contributed by atoms with E-state index in [9.17, 15) is 0 Å². The monoisotopic (exact) mass is 387 g/mol. The van der Waals surface area contributed by atoms with Crippen LogP contribution in [0.3, 0.4) is 0 Å². The minimum absolute atomic E-state index is 0.122. The maximum Gasteiger partial charge on any atom is 0.148 e. The van der Waals surface area contributed by atoms with Gasteiger partial charge in [-0.25, -0.2) is 0 Å². The van der Waals surface area contributed by atoms with E-state index in [1.54, 1.807) is 0 Å². The molecule has 0 saturated carbocycles. The van der Waals surface area contributed by atoms with E-state index in [1.165, 1.54) is 11.3 Å². The molecule has 5 heteroatoms. The number of hydrogen-bond donors (Lipinski definition) is 1. The van der Waals surface area contributed by atoms with Crippen molar-refractivity contribution < 1.29 is 4.74 Å². The molecule has 2 aromatic rings. The summed E-state index contributed by atoms with van der Waals surface area (Å²) in [5.41, 5.74) is 7.28. The molecule has 21 heavy (non-hydrogen) atoms. The zero-order chi connectivity index (χ0) is 15.6. The van der Waals surface area contributed by atoms with Gasteiger partial charge in [0.1, 0.15) is 11.9 Å². The summed E-state index contributed by atoms with van der Waals surface area (Å²) in [7, 11) is 0. The zero-order valence-corrected chi connectivity index (χ0v) is 15.4. The van der Waals surface area contributed by atoms with Crippen molar-refractivity contribution in [3.63, 3.8) is 0 Å². The van der Waals surface area contributed by atoms with Crippen molar-refractivity contribution in [3.05, 3.63) is 49.6 Å². The van der Waals surface area contributed by atoms with Crippen LogP contribution in [0.4, 0.5) is 0 Å². The molecule has 0 radical (unpaired) electrons. The number of halogens is 2. The molecule has 2 nitrogen and oxygen atoms in total. The van der Waals surface area contributed by atoms with Gasteiger partial charge in [-0.05, 0) is 48.7 Å². The Morgan fingerprint density at radius 1 is 1.19 bits per heavy atom. The van der Waals surface area contributed by atoms with Crippen LogP contribution >= 0.6 is 38.9 Å². The third-order valence-electron chi connectivity index (χ3n) is 3.20. The Bertz CT molecular complexity index is 612. The molecule has 2 N–H and O–H groups in total. The van der Waals surface area contributed by atoms with E-state index >= 15 is 0 Å². The lowest BCUT2D eigenvalue weighted by atomic mass is 10.0. The Hall–Kier alpha value is -0.550. The predicted octanol–water partition coefficient (Wildman–Crippen LogP) is 5.75. The van der Waals surface area contributed by atoms with E-state index in [2.05, 4.69) is 35.8 Å². The van der Waals surface area contributed by atoms with Gasteiger partial charge in [-0.1, -0.05) is 41.4 Å². The molecule has 0 fully saturated rings. The minimum Gasteiger partial charge on any atom is -0.483 e. The summed E-state index contributed by atoms with van der Waals surface area (Å²) >= 11 is 11.1. The molecule has 0 saturated heterocycles. The number of hydrogen-bond acceptors (Lipinski definition) is 3. The summed E-state index contributed by atoms with van der Waals surface area (Å²) in [5.74, 6) is 1.25. The Morgan fingerprint density at radius 2 is 1.90 bits per heavy atom. The Morgan fingerprint density at radius 3 is 2.43 bits per heavy atom. The first kappa shape index (κ1) is 16.8. The highest BCUT2D eigenvalue weighted by molar-refractivity contribution is 9.10. The van der Waals surface area contributed by atoms with Crippen molar-refractivity contribution in [1.82, 2.24) is 0 Å². The first-order valence-electron chi connectivity index (χ1n) is 6.85. The fraction of sp³-hybridized carbons (Fsp3) is 0.375. The minimum atomic E-state index is -0.193. The van der Waals surface area contributed by atoms with Crippen LogP contribution in [0.25, 0.3) is 0 Å². The fourth-order valence-corrected chi connectivity index (χ4v) is 3.71. The van der Waals surface area contributed by atoms with E-state index in [-0.39, 0.29) is 12.1 Å². The van der Waals surface area contributed by atoms with E-state index in [0.717, 1.165) is 25.0 Å². The van der Waals surface area contributed by atoms with Crippen LogP contribution < -0.4 is 10.5 Å². The lowest BCUT2D eigenvalue weighted by Crippen LogP contribution is -2.28. The molecule has 2 atom stereocenters. The third kappa shape index (κ3) is 4.22. The first-order valence-corrected chi connectivity index (χ1v) is 8.84. The zero-order valence-electron chi connectivity index (χ0n) is 12.3. The number of benzene rings is 1. The van der Waals surface area contributed by atoms with Crippen molar-refractivity contribution in [2.75, 3.05) is 0 Å². The van der Waals surface area contributed by atoms with Gasteiger partial charge in [-0.3, -0.25) is 0 Å². The third-order valence-corrected chi connectivity index (χ3v) is 4.99. The fourth-order valence-electron chi connectivity index (χ4n) is 2.12. The Balaban J connectivity index is 2.33. The Kier molecular flexibility index (Phi) is 5.72. The lowest BCUT2D eigenvalue weighted by molar-refractivity contribution is 0.182. The summed E-state index contributed by atoms with van der Waals surface area (Å²) in [5, 5.41) is 0. The molecular formula is C16H19BrClNOS. The number of nitrogens with two attached hydrogens (primary N) is 1. The van der Waals surface area contributed by atoms with Gasteiger partial charge in [0.15, 0.2) is 0 Å². The van der Waals surface area contributed by atoms with Crippen molar-refractivity contribution in [2.24, 2.45) is 5.73 Å². The smallest absolute Gasteiger partial charge is 0.148 e. The van der Waals surface area contributed by atoms with Gasteiger partial charge in [0.2, 0.25) is 0 Å². The standard InChI is InChI=1S/C16H19BrClNOS/c1-9(2)12-8-11(17)4-5-13(12)20-16(10(3)19)14-6-7-15(18)21-14/h4-10,16H,19H2,1-3H3. The lowest BCUT2D eigenvalue weighted by Gasteiger charge is -2.24. The molecule has 1 heterocycles. The van der Waals surface area contributed by atoms with Crippen LogP contribution in [-0.2, 0) is 0 Å². The van der Waals surface area contributed by atoms with E-state index < -0.39 is 0 Å². The predicted molar refractivity (Wildman–Crippen MR) is 94.6 cm³/mol. The Labute approximate surface area is 143 Å². The largest absolute Gasteiger partial charge is 0.483 e.